The lowest BCUT2D eigenvalue weighted by Crippen LogP contribution is -2.85. The van der Waals surface area contributed by atoms with Crippen molar-refractivity contribution in [2.75, 3.05) is 27.2 Å². The molecule has 5 fully saturated rings. The van der Waals surface area contributed by atoms with Gasteiger partial charge in [-0.2, -0.15) is 0 Å². The van der Waals surface area contributed by atoms with Crippen molar-refractivity contribution >= 4 is 0 Å². The summed E-state index contributed by atoms with van der Waals surface area (Å²) in [6.45, 7) is 11.0. The first-order valence-corrected chi connectivity index (χ1v) is 14.0. The molecule has 192 valence electrons. The third kappa shape index (κ3) is 2.38. The number of aliphatic hydroxyl groups is 1. The van der Waals surface area contributed by atoms with Gasteiger partial charge in [-0.3, -0.25) is 0 Å². The van der Waals surface area contributed by atoms with Crippen LogP contribution in [-0.2, 0) is 16.6 Å². The first-order chi connectivity index (χ1) is 16.4. The van der Waals surface area contributed by atoms with E-state index in [4.69, 9.17) is 9.47 Å². The molecule has 1 unspecified atom stereocenters. The number of fused-ring (bicyclic) bond motifs is 2. The molecule has 8 rings (SSSR count). The standard InChI is InChI=1S/C30H43NO4/c1-26(2,3)27(4,33)21-16-28-11-12-30(21,34-6)25-29(28)13-14-31(5,17-18-7-8-18)22(28)15-19-9-10-20(32)24(35-25)23(19)29/h9-10,18,21-22,25,33H,7-8,11-17H2,1-6H3/p+1/t21-,22-,25-,27?,28-,29+,30-,31+/m0/s1. The maximum absolute atomic E-state index is 12.3. The van der Waals surface area contributed by atoms with Crippen LogP contribution in [0.4, 0.5) is 0 Å². The van der Waals surface area contributed by atoms with Crippen LogP contribution in [0.25, 0.3) is 0 Å². The number of phenolic OH excluding ortho intramolecular Hbond substituents is 1. The molecular weight excluding hydrogens is 438 g/mol. The number of quaternary nitrogens is 1. The molecule has 2 N–H and O–H groups in total. The molecule has 8 atom stereocenters. The van der Waals surface area contributed by atoms with Gasteiger partial charge in [-0.05, 0) is 56.1 Å². The molecule has 4 saturated carbocycles. The largest absolute Gasteiger partial charge is 0.504 e. The number of likely N-dealkylation sites (tertiary alicyclic amines) is 1. The van der Waals surface area contributed by atoms with E-state index in [-0.39, 0.29) is 34.0 Å². The molecule has 35 heavy (non-hydrogen) atoms. The highest BCUT2D eigenvalue weighted by Crippen LogP contribution is 2.78. The maximum atomic E-state index is 12.3. The molecule has 2 heterocycles. The van der Waals surface area contributed by atoms with E-state index in [0.29, 0.717) is 11.8 Å². The molecular formula is C30H44NO4+. The predicted molar refractivity (Wildman–Crippen MR) is 135 cm³/mol. The van der Waals surface area contributed by atoms with E-state index >= 15 is 0 Å². The molecule has 1 saturated heterocycles. The molecule has 2 aliphatic heterocycles. The predicted octanol–water partition coefficient (Wildman–Crippen LogP) is 4.56. The second kappa shape index (κ2) is 6.39. The van der Waals surface area contributed by atoms with E-state index in [1.807, 2.05) is 20.1 Å². The quantitative estimate of drug-likeness (QED) is 0.618. The summed E-state index contributed by atoms with van der Waals surface area (Å²) in [5, 5.41) is 23.3. The number of nitrogens with zero attached hydrogens (tertiary/aromatic N) is 1. The Balaban J connectivity index is 1.50. The second-order valence-electron chi connectivity index (χ2n) is 14.7. The zero-order valence-corrected chi connectivity index (χ0v) is 22.5. The SMILES string of the molecule is CO[C@@]12CC[C@]3(C[C@H]1C(C)(O)C(C)(C)C)[C@@H]1Cc4ccc(O)c5c4[C@]3(CC[N@+]1(C)CC1CC1)[C@@H]2O5. The molecule has 0 amide bonds. The number of hydrogen-bond donors (Lipinski definition) is 2. The van der Waals surface area contributed by atoms with Gasteiger partial charge in [0.2, 0.25) is 0 Å². The van der Waals surface area contributed by atoms with E-state index in [2.05, 4.69) is 33.9 Å². The van der Waals surface area contributed by atoms with Gasteiger partial charge < -0.3 is 24.2 Å². The number of phenols is 1. The molecule has 5 aliphatic carbocycles. The Bertz CT molecular complexity index is 1100. The summed E-state index contributed by atoms with van der Waals surface area (Å²) in [5.74, 6) is 1.83. The van der Waals surface area contributed by atoms with Gasteiger partial charge in [-0.1, -0.05) is 26.8 Å². The van der Waals surface area contributed by atoms with Gasteiger partial charge in [0.05, 0.1) is 37.2 Å². The number of aromatic hydroxyl groups is 1. The van der Waals surface area contributed by atoms with Crippen molar-refractivity contribution in [3.8, 4) is 11.5 Å². The van der Waals surface area contributed by atoms with Crippen LogP contribution in [0.1, 0.15) is 77.3 Å². The smallest absolute Gasteiger partial charge is 0.165 e. The van der Waals surface area contributed by atoms with Crippen molar-refractivity contribution in [2.24, 2.45) is 22.7 Å². The molecule has 2 spiro atoms. The van der Waals surface area contributed by atoms with Crippen molar-refractivity contribution in [2.45, 2.75) is 101 Å². The first-order valence-electron chi connectivity index (χ1n) is 14.0. The highest BCUT2D eigenvalue weighted by atomic mass is 16.6. The number of rotatable bonds is 4. The Hall–Kier alpha value is -1.30. The van der Waals surface area contributed by atoms with Gasteiger partial charge >= 0.3 is 0 Å². The molecule has 1 aromatic carbocycles. The molecule has 5 heteroatoms. The van der Waals surface area contributed by atoms with E-state index in [1.165, 1.54) is 30.5 Å². The zero-order valence-electron chi connectivity index (χ0n) is 22.5. The lowest BCUT2D eigenvalue weighted by atomic mass is 9.33. The monoisotopic (exact) mass is 482 g/mol. The second-order valence-corrected chi connectivity index (χ2v) is 14.7. The highest BCUT2D eigenvalue weighted by Gasteiger charge is 2.84. The van der Waals surface area contributed by atoms with Gasteiger partial charge in [0.25, 0.3) is 0 Å². The fourth-order valence-electron chi connectivity index (χ4n) is 10.3. The van der Waals surface area contributed by atoms with Crippen molar-refractivity contribution in [1.29, 1.82) is 0 Å². The zero-order chi connectivity index (χ0) is 24.8. The van der Waals surface area contributed by atoms with E-state index in [1.54, 1.807) is 0 Å². The molecule has 0 radical (unpaired) electrons. The van der Waals surface area contributed by atoms with Gasteiger partial charge in [0, 0.05) is 42.8 Å². The number of ether oxygens (including phenoxy) is 2. The average molecular weight is 483 g/mol. The van der Waals surface area contributed by atoms with Gasteiger partial charge in [0.1, 0.15) is 11.7 Å². The summed E-state index contributed by atoms with van der Waals surface area (Å²) in [5.41, 5.74) is 0.817. The first kappa shape index (κ1) is 22.9. The Labute approximate surface area is 210 Å². The fourth-order valence-corrected chi connectivity index (χ4v) is 10.3. The van der Waals surface area contributed by atoms with E-state index in [9.17, 15) is 10.2 Å². The normalized spacial score (nSPS) is 46.7. The Morgan fingerprint density at radius 2 is 1.89 bits per heavy atom. The van der Waals surface area contributed by atoms with Crippen LogP contribution in [0.3, 0.4) is 0 Å². The van der Waals surface area contributed by atoms with Gasteiger partial charge in [-0.15, -0.1) is 0 Å². The van der Waals surface area contributed by atoms with E-state index in [0.717, 1.165) is 49.0 Å². The molecule has 7 aliphatic rings. The summed E-state index contributed by atoms with van der Waals surface area (Å²) < 4.78 is 14.7. The molecule has 4 bridgehead atoms. The summed E-state index contributed by atoms with van der Waals surface area (Å²) in [6, 6.07) is 4.55. The Kier molecular flexibility index (Phi) is 4.18. The lowest BCUT2D eigenvalue weighted by molar-refractivity contribution is -0.952. The van der Waals surface area contributed by atoms with Crippen LogP contribution >= 0.6 is 0 Å². The van der Waals surface area contributed by atoms with Crippen molar-refractivity contribution in [3.63, 3.8) is 0 Å². The van der Waals surface area contributed by atoms with Crippen LogP contribution < -0.4 is 4.74 Å². The minimum atomic E-state index is -0.910. The highest BCUT2D eigenvalue weighted by molar-refractivity contribution is 5.63. The number of hydrogen-bond acceptors (Lipinski definition) is 4. The minimum absolute atomic E-state index is 0.0279. The minimum Gasteiger partial charge on any atom is -0.504 e. The van der Waals surface area contributed by atoms with Crippen LogP contribution in [0.15, 0.2) is 12.1 Å². The summed E-state index contributed by atoms with van der Waals surface area (Å²) >= 11 is 0. The number of likely N-dealkylation sites (N-methyl/N-ethyl adjacent to an activating group) is 1. The molecule has 0 aromatic heterocycles. The number of benzene rings is 1. The number of methoxy groups -OCH3 is 1. The van der Waals surface area contributed by atoms with Crippen molar-refractivity contribution in [3.05, 3.63) is 23.3 Å². The third-order valence-electron chi connectivity index (χ3n) is 12.6. The topological polar surface area (TPSA) is 58.9 Å². The molecule has 1 aromatic rings. The lowest BCUT2D eigenvalue weighted by Gasteiger charge is -2.75. The third-order valence-corrected chi connectivity index (χ3v) is 12.6. The number of piperidine rings is 1. The average Bonchev–Trinajstić information content (AvgIpc) is 3.52. The summed E-state index contributed by atoms with van der Waals surface area (Å²) in [6.07, 6.45) is 7.74. The summed E-state index contributed by atoms with van der Waals surface area (Å²) in [7, 11) is 4.37. The van der Waals surface area contributed by atoms with Crippen LogP contribution in [0.5, 0.6) is 11.5 Å². The maximum Gasteiger partial charge on any atom is 0.165 e. The van der Waals surface area contributed by atoms with Gasteiger partial charge in [0.15, 0.2) is 11.5 Å². The van der Waals surface area contributed by atoms with E-state index < -0.39 is 11.2 Å². The fraction of sp³-hybridized carbons (Fsp3) is 0.800. The van der Waals surface area contributed by atoms with Crippen molar-refractivity contribution < 1.29 is 24.2 Å². The van der Waals surface area contributed by atoms with Crippen molar-refractivity contribution in [1.82, 2.24) is 0 Å². The van der Waals surface area contributed by atoms with Crippen LogP contribution in [0, 0.1) is 22.7 Å². The van der Waals surface area contributed by atoms with Crippen LogP contribution in [-0.4, -0.2) is 65.3 Å². The summed E-state index contributed by atoms with van der Waals surface area (Å²) in [4.78, 5) is 0. The van der Waals surface area contributed by atoms with Crippen LogP contribution in [0.2, 0.25) is 0 Å². The Morgan fingerprint density at radius 3 is 2.54 bits per heavy atom. The Morgan fingerprint density at radius 1 is 1.14 bits per heavy atom. The van der Waals surface area contributed by atoms with Gasteiger partial charge in [-0.25, -0.2) is 0 Å². The molecule has 5 nitrogen and oxygen atoms in total.